The van der Waals surface area contributed by atoms with Gasteiger partial charge in [0.1, 0.15) is 0 Å². The summed E-state index contributed by atoms with van der Waals surface area (Å²) < 4.78 is 18.6. The summed E-state index contributed by atoms with van der Waals surface area (Å²) in [6.45, 7) is 1.16. The van der Waals surface area contributed by atoms with Gasteiger partial charge in [-0.1, -0.05) is 38.5 Å². The minimum atomic E-state index is -2.33. The molecule has 0 unspecified atom stereocenters. The van der Waals surface area contributed by atoms with Gasteiger partial charge in [0, 0.05) is 46.3 Å². The molecule has 22 heavy (non-hydrogen) atoms. The highest BCUT2D eigenvalue weighted by Crippen LogP contribution is 2.18. The predicted octanol–water partition coefficient (Wildman–Crippen LogP) is 4.49. The van der Waals surface area contributed by atoms with Gasteiger partial charge in [-0.3, -0.25) is 0 Å². The summed E-state index contributed by atoms with van der Waals surface area (Å²) in [6, 6.07) is 5.11. The maximum absolute atomic E-state index is 5.43. The lowest BCUT2D eigenvalue weighted by Gasteiger charge is -2.24. The molecule has 0 amide bonds. The molecule has 0 aliphatic heterocycles. The first-order valence-corrected chi connectivity index (χ1v) is 10.5. The van der Waals surface area contributed by atoms with Crippen LogP contribution < -0.4 is 0 Å². The van der Waals surface area contributed by atoms with Crippen molar-refractivity contribution in [3.05, 3.63) is 24.5 Å². The first-order chi connectivity index (χ1) is 10.8. The Bertz CT molecular complexity index is 345. The normalized spacial score (nSPS) is 12.0. The van der Waals surface area contributed by atoms with E-state index in [1.54, 1.807) is 21.3 Å². The molecule has 1 rings (SSSR count). The maximum Gasteiger partial charge on any atom is 0.500 e. The molecule has 0 aliphatic rings. The zero-order valence-corrected chi connectivity index (χ0v) is 15.6. The third kappa shape index (κ3) is 7.58. The highest BCUT2D eigenvalue weighted by Gasteiger charge is 2.36. The Balaban J connectivity index is 1.89. The summed E-state index contributed by atoms with van der Waals surface area (Å²) >= 11 is 0. The highest BCUT2D eigenvalue weighted by atomic mass is 28.4. The van der Waals surface area contributed by atoms with Gasteiger partial charge in [0.05, 0.1) is 0 Å². The largest absolute Gasteiger partial charge is 0.500 e. The number of aryl methyl sites for hydroxylation is 1. The average Bonchev–Trinajstić information content (AvgIpc) is 3.07. The molecule has 0 aromatic carbocycles. The molecular weight excluding hydrogens is 294 g/mol. The Labute approximate surface area is 137 Å². The Kier molecular flexibility index (Phi) is 10.5. The zero-order valence-electron chi connectivity index (χ0n) is 14.6. The lowest BCUT2D eigenvalue weighted by Crippen LogP contribution is -2.42. The number of hydrogen-bond donors (Lipinski definition) is 0. The second-order valence-corrected chi connectivity index (χ2v) is 8.89. The van der Waals surface area contributed by atoms with Crippen LogP contribution in [-0.2, 0) is 19.8 Å². The van der Waals surface area contributed by atoms with Crippen molar-refractivity contribution >= 4 is 8.80 Å². The molecule has 0 fully saturated rings. The number of nitrogens with zero attached hydrogens (tertiary/aromatic N) is 1. The fraction of sp³-hybridized carbons (Fsp3) is 0.765. The Hall–Kier alpha value is -0.623. The van der Waals surface area contributed by atoms with Crippen LogP contribution in [0.15, 0.2) is 24.5 Å². The molecule has 0 bridgehead atoms. The van der Waals surface area contributed by atoms with Crippen molar-refractivity contribution in [3.63, 3.8) is 0 Å². The van der Waals surface area contributed by atoms with E-state index in [0.29, 0.717) is 0 Å². The lowest BCUT2D eigenvalue weighted by molar-refractivity contribution is 0.122. The van der Waals surface area contributed by atoms with Gasteiger partial charge in [-0.25, -0.2) is 0 Å². The van der Waals surface area contributed by atoms with E-state index in [0.717, 1.165) is 19.0 Å². The molecule has 0 saturated carbocycles. The lowest BCUT2D eigenvalue weighted by atomic mass is 10.1. The number of unbranched alkanes of at least 4 members (excludes halogenated alkanes) is 7. The minimum absolute atomic E-state index is 0.924. The van der Waals surface area contributed by atoms with Gasteiger partial charge < -0.3 is 17.8 Å². The van der Waals surface area contributed by atoms with E-state index in [9.17, 15) is 0 Å². The highest BCUT2D eigenvalue weighted by molar-refractivity contribution is 6.60. The van der Waals surface area contributed by atoms with Gasteiger partial charge in [0.2, 0.25) is 0 Å². The number of hydrogen-bond acceptors (Lipinski definition) is 3. The molecule has 0 atom stereocenters. The molecule has 0 spiro atoms. The van der Waals surface area contributed by atoms with Crippen molar-refractivity contribution in [1.82, 2.24) is 4.57 Å². The standard InChI is InChI=1S/C17H33NO3Si/c1-19-22(20-2,21-3)17-13-9-7-5-4-6-8-10-14-18-15-11-12-16-18/h11-12,15-16H,4-10,13-14,17H2,1-3H3. The SMILES string of the molecule is CO[Si](CCCCCCCCCCn1cccc1)(OC)OC. The van der Waals surface area contributed by atoms with Gasteiger partial charge >= 0.3 is 8.80 Å². The fourth-order valence-corrected chi connectivity index (χ4v) is 4.57. The van der Waals surface area contributed by atoms with E-state index < -0.39 is 8.80 Å². The van der Waals surface area contributed by atoms with Gasteiger partial charge in [0.15, 0.2) is 0 Å². The van der Waals surface area contributed by atoms with Crippen LogP contribution in [0.2, 0.25) is 6.04 Å². The van der Waals surface area contributed by atoms with Crippen LogP contribution in [0.25, 0.3) is 0 Å². The summed E-state index contributed by atoms with van der Waals surface area (Å²) in [6.07, 6.45) is 14.6. The molecule has 0 aliphatic carbocycles. The molecule has 0 saturated heterocycles. The quantitative estimate of drug-likeness (QED) is 0.373. The van der Waals surface area contributed by atoms with Crippen LogP contribution in [0.5, 0.6) is 0 Å². The van der Waals surface area contributed by atoms with Crippen LogP contribution in [-0.4, -0.2) is 34.7 Å². The third-order valence-electron chi connectivity index (χ3n) is 4.25. The van der Waals surface area contributed by atoms with Crippen molar-refractivity contribution in [1.29, 1.82) is 0 Å². The van der Waals surface area contributed by atoms with Gasteiger partial charge in [-0.05, 0) is 25.0 Å². The molecule has 1 aromatic heterocycles. The van der Waals surface area contributed by atoms with E-state index in [1.165, 1.54) is 44.9 Å². The van der Waals surface area contributed by atoms with Crippen molar-refractivity contribution < 1.29 is 13.3 Å². The van der Waals surface area contributed by atoms with Crippen molar-refractivity contribution in [3.8, 4) is 0 Å². The van der Waals surface area contributed by atoms with E-state index in [-0.39, 0.29) is 0 Å². The second-order valence-electron chi connectivity index (χ2n) is 5.79. The van der Waals surface area contributed by atoms with E-state index >= 15 is 0 Å². The van der Waals surface area contributed by atoms with Crippen LogP contribution in [0.3, 0.4) is 0 Å². The summed E-state index contributed by atoms with van der Waals surface area (Å²) in [5, 5.41) is 0. The van der Waals surface area contributed by atoms with Gasteiger partial charge in [-0.15, -0.1) is 0 Å². The van der Waals surface area contributed by atoms with Gasteiger partial charge in [0.25, 0.3) is 0 Å². The first kappa shape index (κ1) is 19.4. The molecule has 0 N–H and O–H groups in total. The summed E-state index contributed by atoms with van der Waals surface area (Å²) in [7, 11) is 2.73. The van der Waals surface area contributed by atoms with E-state index in [2.05, 4.69) is 29.1 Å². The van der Waals surface area contributed by atoms with E-state index in [4.69, 9.17) is 13.3 Å². The molecule has 1 heterocycles. The smallest absolute Gasteiger partial charge is 0.377 e. The zero-order chi connectivity index (χ0) is 16.1. The summed E-state index contributed by atoms with van der Waals surface area (Å²) in [5.41, 5.74) is 0. The molecule has 4 nitrogen and oxygen atoms in total. The Morgan fingerprint density at radius 3 is 1.64 bits per heavy atom. The van der Waals surface area contributed by atoms with Crippen LogP contribution in [0.1, 0.15) is 51.4 Å². The number of rotatable bonds is 14. The van der Waals surface area contributed by atoms with Crippen molar-refractivity contribution in [2.24, 2.45) is 0 Å². The Morgan fingerprint density at radius 1 is 0.682 bits per heavy atom. The molecule has 1 aromatic rings. The fourth-order valence-electron chi connectivity index (χ4n) is 2.77. The van der Waals surface area contributed by atoms with E-state index in [1.807, 2.05) is 0 Å². The Morgan fingerprint density at radius 2 is 1.14 bits per heavy atom. The molecular formula is C17H33NO3Si. The third-order valence-corrected chi connectivity index (χ3v) is 7.08. The van der Waals surface area contributed by atoms with Crippen molar-refractivity contribution in [2.75, 3.05) is 21.3 Å². The molecule has 128 valence electrons. The molecule has 5 heteroatoms. The maximum atomic E-state index is 5.43. The van der Waals surface area contributed by atoms with Crippen LogP contribution in [0, 0.1) is 0 Å². The number of aromatic nitrogens is 1. The predicted molar refractivity (Wildman–Crippen MR) is 93.0 cm³/mol. The van der Waals surface area contributed by atoms with Crippen LogP contribution >= 0.6 is 0 Å². The second kappa shape index (κ2) is 11.9. The summed E-state index contributed by atoms with van der Waals surface area (Å²) in [5.74, 6) is 0. The van der Waals surface area contributed by atoms with Crippen molar-refractivity contribution in [2.45, 2.75) is 64.0 Å². The first-order valence-electron chi connectivity index (χ1n) is 8.52. The topological polar surface area (TPSA) is 32.6 Å². The minimum Gasteiger partial charge on any atom is -0.377 e. The average molecular weight is 328 g/mol. The summed E-state index contributed by atoms with van der Waals surface area (Å²) in [4.78, 5) is 0. The molecule has 0 radical (unpaired) electrons. The van der Waals surface area contributed by atoms with Gasteiger partial charge in [-0.2, -0.15) is 0 Å². The van der Waals surface area contributed by atoms with Crippen LogP contribution in [0.4, 0.5) is 0 Å². The monoisotopic (exact) mass is 327 g/mol.